The lowest BCUT2D eigenvalue weighted by molar-refractivity contribution is -0.138. The first-order valence-corrected chi connectivity index (χ1v) is 15.0. The zero-order valence-corrected chi connectivity index (χ0v) is 23.7. The van der Waals surface area contributed by atoms with Gasteiger partial charge in [-0.1, -0.05) is 49.6 Å². The highest BCUT2D eigenvalue weighted by molar-refractivity contribution is 5.99. The van der Waals surface area contributed by atoms with E-state index in [0.717, 1.165) is 56.5 Å². The van der Waals surface area contributed by atoms with Gasteiger partial charge in [0, 0.05) is 51.7 Å². The van der Waals surface area contributed by atoms with E-state index in [1.165, 1.54) is 6.42 Å². The van der Waals surface area contributed by atoms with Gasteiger partial charge in [0.05, 0.1) is 5.56 Å². The first-order valence-electron chi connectivity index (χ1n) is 15.0. The maximum absolute atomic E-state index is 13.5. The number of aliphatic carboxylic acids is 1. The van der Waals surface area contributed by atoms with Gasteiger partial charge in [-0.2, -0.15) is 0 Å². The number of hydrogen-bond donors (Lipinski definition) is 2. The van der Waals surface area contributed by atoms with Crippen molar-refractivity contribution in [2.75, 3.05) is 49.1 Å². The summed E-state index contributed by atoms with van der Waals surface area (Å²) in [6, 6.07) is 13.5. The van der Waals surface area contributed by atoms with Crippen molar-refractivity contribution >= 4 is 29.6 Å². The second kappa shape index (κ2) is 13.7. The van der Waals surface area contributed by atoms with Crippen LogP contribution in [-0.4, -0.2) is 78.3 Å². The number of piperidine rings is 1. The third kappa shape index (κ3) is 7.68. The van der Waals surface area contributed by atoms with Crippen LogP contribution >= 0.6 is 0 Å². The molecular formula is C31H41N5O5. The van der Waals surface area contributed by atoms with E-state index in [1.54, 1.807) is 4.90 Å². The van der Waals surface area contributed by atoms with Crippen molar-refractivity contribution in [3.05, 3.63) is 53.6 Å². The zero-order chi connectivity index (χ0) is 28.6. The van der Waals surface area contributed by atoms with Crippen LogP contribution in [0.25, 0.3) is 0 Å². The number of benzene rings is 1. The molecule has 3 heterocycles. The summed E-state index contributed by atoms with van der Waals surface area (Å²) in [5.74, 6) is 0.562. The molecule has 1 unspecified atom stereocenters. The summed E-state index contributed by atoms with van der Waals surface area (Å²) in [6.45, 7) is 3.66. The highest BCUT2D eigenvalue weighted by Gasteiger charge is 2.29. The molecule has 0 radical (unpaired) electrons. The summed E-state index contributed by atoms with van der Waals surface area (Å²) in [5, 5.41) is 12.5. The number of ether oxygens (including phenoxy) is 1. The highest BCUT2D eigenvalue weighted by atomic mass is 16.6. The van der Waals surface area contributed by atoms with E-state index in [9.17, 15) is 19.5 Å². The Kier molecular flexibility index (Phi) is 9.59. The molecule has 41 heavy (non-hydrogen) atoms. The number of carbonyl (C=O) groups excluding carboxylic acids is 2. The zero-order valence-electron chi connectivity index (χ0n) is 23.7. The molecule has 10 nitrogen and oxygen atoms in total. The SMILES string of the molecule is O=C(O)CC1CCCN(c2ccc(C(=O)NC3CCCCC3)c(N3CCN(C(=O)OCc4ccccc4)CC3)n2)C1. The molecular weight excluding hydrogens is 522 g/mol. The van der Waals surface area contributed by atoms with Crippen LogP contribution in [0, 0.1) is 5.92 Å². The van der Waals surface area contributed by atoms with Crippen LogP contribution in [0.4, 0.5) is 16.4 Å². The quantitative estimate of drug-likeness (QED) is 0.489. The molecule has 3 fully saturated rings. The number of carboxylic acid groups (broad SMARTS) is 1. The molecule has 1 atom stereocenters. The number of aromatic nitrogens is 1. The normalized spacial score (nSPS) is 20.0. The van der Waals surface area contributed by atoms with Crippen LogP contribution < -0.4 is 15.1 Å². The van der Waals surface area contributed by atoms with Crippen LogP contribution in [0.5, 0.6) is 0 Å². The Morgan fingerprint density at radius 1 is 0.878 bits per heavy atom. The number of hydrogen-bond acceptors (Lipinski definition) is 7. The molecule has 5 rings (SSSR count). The average molecular weight is 564 g/mol. The molecule has 0 bridgehead atoms. The molecule has 0 spiro atoms. The third-order valence-electron chi connectivity index (χ3n) is 8.39. The van der Waals surface area contributed by atoms with Gasteiger partial charge in [0.15, 0.2) is 0 Å². The van der Waals surface area contributed by atoms with E-state index >= 15 is 0 Å². The third-order valence-corrected chi connectivity index (χ3v) is 8.39. The number of carboxylic acids is 1. The van der Waals surface area contributed by atoms with E-state index in [0.29, 0.717) is 44.1 Å². The van der Waals surface area contributed by atoms with E-state index in [-0.39, 0.29) is 37.0 Å². The number of anilines is 2. The fourth-order valence-corrected chi connectivity index (χ4v) is 6.14. The Hall–Kier alpha value is -3.82. The van der Waals surface area contributed by atoms with E-state index < -0.39 is 5.97 Å². The second-order valence-electron chi connectivity index (χ2n) is 11.4. The van der Waals surface area contributed by atoms with Gasteiger partial charge in [-0.05, 0) is 49.3 Å². The monoisotopic (exact) mass is 563 g/mol. The van der Waals surface area contributed by atoms with E-state index in [2.05, 4.69) is 15.1 Å². The van der Waals surface area contributed by atoms with Crippen LogP contribution in [0.15, 0.2) is 42.5 Å². The molecule has 10 heteroatoms. The van der Waals surface area contributed by atoms with Crippen molar-refractivity contribution in [3.8, 4) is 0 Å². The lowest BCUT2D eigenvalue weighted by atomic mass is 9.95. The Bertz CT molecular complexity index is 1190. The lowest BCUT2D eigenvalue weighted by Crippen LogP contribution is -2.50. The molecule has 2 amide bonds. The molecule has 1 aliphatic carbocycles. The summed E-state index contributed by atoms with van der Waals surface area (Å²) >= 11 is 0. The van der Waals surface area contributed by atoms with E-state index in [1.807, 2.05) is 42.5 Å². The summed E-state index contributed by atoms with van der Waals surface area (Å²) in [7, 11) is 0. The number of carbonyl (C=O) groups is 3. The number of nitrogens with zero attached hydrogens (tertiary/aromatic N) is 4. The molecule has 2 saturated heterocycles. The van der Waals surface area contributed by atoms with Gasteiger partial charge in [-0.25, -0.2) is 9.78 Å². The van der Waals surface area contributed by atoms with Gasteiger partial charge in [0.25, 0.3) is 5.91 Å². The van der Waals surface area contributed by atoms with Crippen LogP contribution in [-0.2, 0) is 16.1 Å². The largest absolute Gasteiger partial charge is 0.481 e. The van der Waals surface area contributed by atoms with Crippen molar-refractivity contribution in [2.45, 2.75) is 64.0 Å². The number of pyridine rings is 1. The van der Waals surface area contributed by atoms with Gasteiger partial charge in [-0.15, -0.1) is 0 Å². The fraction of sp³-hybridized carbons (Fsp3) is 0.548. The van der Waals surface area contributed by atoms with Gasteiger partial charge in [-0.3, -0.25) is 9.59 Å². The fourth-order valence-electron chi connectivity index (χ4n) is 6.14. The molecule has 1 saturated carbocycles. The number of amides is 2. The summed E-state index contributed by atoms with van der Waals surface area (Å²) in [5.41, 5.74) is 1.48. The molecule has 1 aromatic carbocycles. The first-order chi connectivity index (χ1) is 20.0. The lowest BCUT2D eigenvalue weighted by Gasteiger charge is -2.37. The average Bonchev–Trinajstić information content (AvgIpc) is 3.00. The minimum absolute atomic E-state index is 0.0752. The van der Waals surface area contributed by atoms with Crippen molar-refractivity contribution in [2.24, 2.45) is 5.92 Å². The number of rotatable bonds is 8. The minimum atomic E-state index is -0.777. The van der Waals surface area contributed by atoms with Crippen LogP contribution in [0.3, 0.4) is 0 Å². The maximum Gasteiger partial charge on any atom is 0.410 e. The van der Waals surface area contributed by atoms with Crippen LogP contribution in [0.2, 0.25) is 0 Å². The predicted molar refractivity (Wildman–Crippen MR) is 156 cm³/mol. The molecule has 2 N–H and O–H groups in total. The Balaban J connectivity index is 1.29. The van der Waals surface area contributed by atoms with Gasteiger partial charge in [0.1, 0.15) is 18.2 Å². The highest BCUT2D eigenvalue weighted by Crippen LogP contribution is 2.29. The van der Waals surface area contributed by atoms with Gasteiger partial charge >= 0.3 is 12.1 Å². The second-order valence-corrected chi connectivity index (χ2v) is 11.4. The molecule has 2 aliphatic heterocycles. The summed E-state index contributed by atoms with van der Waals surface area (Å²) < 4.78 is 5.53. The van der Waals surface area contributed by atoms with Crippen molar-refractivity contribution in [1.29, 1.82) is 0 Å². The smallest absolute Gasteiger partial charge is 0.410 e. The van der Waals surface area contributed by atoms with Crippen LogP contribution in [0.1, 0.15) is 67.3 Å². The number of piperazine rings is 1. The predicted octanol–water partition coefficient (Wildman–Crippen LogP) is 4.29. The van der Waals surface area contributed by atoms with E-state index in [4.69, 9.17) is 9.72 Å². The maximum atomic E-state index is 13.5. The Morgan fingerprint density at radius 2 is 1.63 bits per heavy atom. The molecule has 220 valence electrons. The molecule has 3 aliphatic rings. The van der Waals surface area contributed by atoms with Gasteiger partial charge in [0.2, 0.25) is 0 Å². The minimum Gasteiger partial charge on any atom is -0.481 e. The van der Waals surface area contributed by atoms with Gasteiger partial charge < -0.3 is 29.9 Å². The van der Waals surface area contributed by atoms with Crippen molar-refractivity contribution in [3.63, 3.8) is 0 Å². The Morgan fingerprint density at radius 3 is 2.37 bits per heavy atom. The summed E-state index contributed by atoms with van der Waals surface area (Å²) in [4.78, 5) is 48.5. The molecule has 1 aromatic heterocycles. The Labute approximate surface area is 241 Å². The summed E-state index contributed by atoms with van der Waals surface area (Å²) in [6.07, 6.45) is 7.06. The number of nitrogens with one attached hydrogen (secondary N) is 1. The van der Waals surface area contributed by atoms with Crippen molar-refractivity contribution in [1.82, 2.24) is 15.2 Å². The topological polar surface area (TPSA) is 115 Å². The molecule has 2 aromatic rings. The van der Waals surface area contributed by atoms with Crippen molar-refractivity contribution < 1.29 is 24.2 Å². The first kappa shape index (κ1) is 28.7. The standard InChI is InChI=1S/C31H41N5O5/c37-28(38)20-24-10-7-15-36(21-24)27-14-13-26(30(39)32-25-11-5-2-6-12-25)29(33-27)34-16-18-35(19-17-34)31(40)41-22-23-8-3-1-4-9-23/h1,3-4,8-9,13-14,24-25H,2,5-7,10-12,15-22H2,(H,32,39)(H,37,38).